The molecule has 0 aliphatic carbocycles. The predicted molar refractivity (Wildman–Crippen MR) is 96.9 cm³/mol. The van der Waals surface area contributed by atoms with Gasteiger partial charge in [0.1, 0.15) is 0 Å². The van der Waals surface area contributed by atoms with Crippen LogP contribution in [0.5, 0.6) is 0 Å². The van der Waals surface area contributed by atoms with Crippen LogP contribution in [0.1, 0.15) is 73.1 Å². The molecule has 22 heavy (non-hydrogen) atoms. The van der Waals surface area contributed by atoms with E-state index in [9.17, 15) is 10.2 Å². The van der Waals surface area contributed by atoms with Gasteiger partial charge in [-0.15, -0.1) is 6.58 Å². The van der Waals surface area contributed by atoms with E-state index >= 15 is 0 Å². The summed E-state index contributed by atoms with van der Waals surface area (Å²) in [4.78, 5) is 0. The molecule has 0 saturated carbocycles. The summed E-state index contributed by atoms with van der Waals surface area (Å²) in [6.07, 6.45) is 12.5. The Morgan fingerprint density at radius 1 is 1.14 bits per heavy atom. The molecule has 2 N–H and O–H groups in total. The van der Waals surface area contributed by atoms with Gasteiger partial charge in [-0.1, -0.05) is 57.1 Å². The minimum absolute atomic E-state index is 0.305. The Hall–Kier alpha value is -0.860. The van der Waals surface area contributed by atoms with E-state index in [4.69, 9.17) is 0 Å². The highest BCUT2D eigenvalue weighted by molar-refractivity contribution is 5.13. The molecule has 0 unspecified atom stereocenters. The van der Waals surface area contributed by atoms with Crippen LogP contribution < -0.4 is 0 Å². The highest BCUT2D eigenvalue weighted by atomic mass is 16.3. The Balaban J connectivity index is 5.02. The number of allylic oxidation sites excluding steroid dienone is 3. The first-order valence-corrected chi connectivity index (χ1v) is 8.65. The van der Waals surface area contributed by atoms with Crippen LogP contribution in [0, 0.1) is 5.92 Å². The van der Waals surface area contributed by atoms with Crippen LogP contribution >= 0.6 is 0 Å². The number of rotatable bonds is 11. The average molecular weight is 309 g/mol. The molecule has 0 radical (unpaired) electrons. The molecule has 0 aliphatic rings. The van der Waals surface area contributed by atoms with Crippen molar-refractivity contribution in [2.75, 3.05) is 0 Å². The van der Waals surface area contributed by atoms with E-state index in [1.165, 1.54) is 5.57 Å². The van der Waals surface area contributed by atoms with Crippen LogP contribution in [0.2, 0.25) is 0 Å². The van der Waals surface area contributed by atoms with Gasteiger partial charge in [-0.25, -0.2) is 0 Å². The maximum atomic E-state index is 10.9. The van der Waals surface area contributed by atoms with E-state index < -0.39 is 11.2 Å². The number of aliphatic hydroxyl groups is 2. The van der Waals surface area contributed by atoms with Crippen molar-refractivity contribution in [2.24, 2.45) is 5.92 Å². The van der Waals surface area contributed by atoms with Crippen molar-refractivity contribution in [2.45, 2.75) is 84.3 Å². The predicted octanol–water partition coefficient (Wildman–Crippen LogP) is 5.17. The van der Waals surface area contributed by atoms with Gasteiger partial charge in [0.25, 0.3) is 0 Å². The zero-order valence-corrected chi connectivity index (χ0v) is 15.2. The van der Waals surface area contributed by atoms with E-state index in [0.717, 1.165) is 19.3 Å². The lowest BCUT2D eigenvalue weighted by atomic mass is 9.81. The van der Waals surface area contributed by atoms with Gasteiger partial charge in [0.2, 0.25) is 0 Å². The first kappa shape index (κ1) is 21.1. The molecule has 2 nitrogen and oxygen atoms in total. The summed E-state index contributed by atoms with van der Waals surface area (Å²) in [6.45, 7) is 13.9. The summed E-state index contributed by atoms with van der Waals surface area (Å²) < 4.78 is 0. The van der Waals surface area contributed by atoms with E-state index in [1.54, 1.807) is 6.08 Å². The third-order valence-corrected chi connectivity index (χ3v) is 4.62. The molecule has 0 saturated heterocycles. The molecule has 3 atom stereocenters. The van der Waals surface area contributed by atoms with Crippen molar-refractivity contribution < 1.29 is 10.2 Å². The Labute approximate surface area is 137 Å². The van der Waals surface area contributed by atoms with Gasteiger partial charge in [-0.3, -0.25) is 0 Å². The van der Waals surface area contributed by atoms with Crippen LogP contribution in [0.25, 0.3) is 0 Å². The minimum Gasteiger partial charge on any atom is -0.386 e. The first-order chi connectivity index (χ1) is 10.3. The van der Waals surface area contributed by atoms with Crippen molar-refractivity contribution in [3.05, 3.63) is 36.5 Å². The zero-order valence-electron chi connectivity index (χ0n) is 15.2. The second-order valence-corrected chi connectivity index (χ2v) is 6.57. The summed E-state index contributed by atoms with van der Waals surface area (Å²) in [6, 6.07) is 0. The van der Waals surface area contributed by atoms with E-state index in [-0.39, 0.29) is 0 Å². The molecule has 0 bridgehead atoms. The van der Waals surface area contributed by atoms with Gasteiger partial charge < -0.3 is 10.2 Å². The lowest BCUT2D eigenvalue weighted by Gasteiger charge is -2.33. The molecule has 0 aromatic heterocycles. The summed E-state index contributed by atoms with van der Waals surface area (Å²) in [7, 11) is 0. The van der Waals surface area contributed by atoms with Crippen molar-refractivity contribution in [1.82, 2.24) is 0 Å². The van der Waals surface area contributed by atoms with Gasteiger partial charge in [-0.2, -0.15) is 0 Å². The molecule has 128 valence electrons. The van der Waals surface area contributed by atoms with Crippen LogP contribution in [0.15, 0.2) is 36.5 Å². The average Bonchev–Trinajstić information content (AvgIpc) is 2.50. The Morgan fingerprint density at radius 2 is 1.73 bits per heavy atom. The molecule has 0 aliphatic heterocycles. The SMILES string of the molecule is C=C[C@](O)(CC)C[C@@](O)(/C=C(\C)C[C@@H](CC)C/C=C/C)CC. The largest absolute Gasteiger partial charge is 0.386 e. The van der Waals surface area contributed by atoms with Crippen molar-refractivity contribution in [3.8, 4) is 0 Å². The number of hydrogen-bond donors (Lipinski definition) is 2. The van der Waals surface area contributed by atoms with E-state index in [2.05, 4.69) is 32.6 Å². The third kappa shape index (κ3) is 7.42. The maximum Gasteiger partial charge on any atom is 0.0858 e. The second-order valence-electron chi connectivity index (χ2n) is 6.57. The Morgan fingerprint density at radius 3 is 2.14 bits per heavy atom. The van der Waals surface area contributed by atoms with Crippen LogP contribution in [-0.4, -0.2) is 21.4 Å². The Bertz CT molecular complexity index is 383. The molecular formula is C20H36O2. The molecule has 0 heterocycles. The van der Waals surface area contributed by atoms with Gasteiger partial charge in [0, 0.05) is 6.42 Å². The standard InChI is InChI=1S/C20H36O2/c1-7-12-13-18(8-2)14-17(6)15-20(22,11-5)16-19(21,9-3)10-4/h7,9,12,15,18,21-22H,3,8,10-11,13-14,16H2,1-2,4-6H3/b12-7+,17-15+/t18-,19-,20-/m0/s1. The monoisotopic (exact) mass is 308 g/mol. The molecule has 0 aromatic carbocycles. The quantitative estimate of drug-likeness (QED) is 0.517. The third-order valence-electron chi connectivity index (χ3n) is 4.62. The Kier molecular flexibility index (Phi) is 9.63. The van der Waals surface area contributed by atoms with Crippen LogP contribution in [0.4, 0.5) is 0 Å². The van der Waals surface area contributed by atoms with Crippen LogP contribution in [0.3, 0.4) is 0 Å². The molecule has 0 fully saturated rings. The minimum atomic E-state index is -1.00. The topological polar surface area (TPSA) is 40.5 Å². The molecule has 2 heteroatoms. The first-order valence-electron chi connectivity index (χ1n) is 8.65. The lowest BCUT2D eigenvalue weighted by Crippen LogP contribution is -2.38. The van der Waals surface area contributed by atoms with Gasteiger partial charge >= 0.3 is 0 Å². The van der Waals surface area contributed by atoms with Gasteiger partial charge in [-0.05, 0) is 45.4 Å². The summed E-state index contributed by atoms with van der Waals surface area (Å²) >= 11 is 0. The molecule has 0 amide bonds. The summed E-state index contributed by atoms with van der Waals surface area (Å²) in [5.74, 6) is 0.609. The maximum absolute atomic E-state index is 10.9. The van der Waals surface area contributed by atoms with E-state index in [1.807, 2.05) is 26.8 Å². The highest BCUT2D eigenvalue weighted by Gasteiger charge is 2.33. The normalized spacial score (nSPS) is 19.7. The van der Waals surface area contributed by atoms with Crippen molar-refractivity contribution in [1.29, 1.82) is 0 Å². The van der Waals surface area contributed by atoms with E-state index in [0.29, 0.717) is 25.2 Å². The second kappa shape index (κ2) is 10.0. The smallest absolute Gasteiger partial charge is 0.0858 e. The lowest BCUT2D eigenvalue weighted by molar-refractivity contribution is -0.0164. The summed E-state index contributed by atoms with van der Waals surface area (Å²) in [5.41, 5.74) is -0.776. The van der Waals surface area contributed by atoms with Crippen LogP contribution in [-0.2, 0) is 0 Å². The molecule has 0 aromatic rings. The fourth-order valence-corrected chi connectivity index (χ4v) is 2.85. The fourth-order valence-electron chi connectivity index (χ4n) is 2.85. The highest BCUT2D eigenvalue weighted by Crippen LogP contribution is 2.31. The summed E-state index contributed by atoms with van der Waals surface area (Å²) in [5, 5.41) is 21.3. The van der Waals surface area contributed by atoms with Crippen molar-refractivity contribution in [3.63, 3.8) is 0 Å². The fraction of sp³-hybridized carbons (Fsp3) is 0.700. The zero-order chi connectivity index (χ0) is 17.2. The molecule has 0 rings (SSSR count). The molecular weight excluding hydrogens is 272 g/mol. The van der Waals surface area contributed by atoms with Gasteiger partial charge in [0.05, 0.1) is 11.2 Å². The van der Waals surface area contributed by atoms with Gasteiger partial charge in [0.15, 0.2) is 0 Å². The number of hydrogen-bond acceptors (Lipinski definition) is 2. The van der Waals surface area contributed by atoms with Crippen molar-refractivity contribution >= 4 is 0 Å². The molecule has 0 spiro atoms.